The van der Waals surface area contributed by atoms with Gasteiger partial charge in [-0.05, 0) is 21.5 Å². The van der Waals surface area contributed by atoms with Crippen molar-refractivity contribution in [2.24, 2.45) is 0 Å². The molecule has 98 valence electrons. The Hall–Kier alpha value is -1.76. The highest BCUT2D eigenvalue weighted by molar-refractivity contribution is 6.53. The van der Waals surface area contributed by atoms with E-state index in [1.807, 2.05) is 48.5 Å². The Morgan fingerprint density at radius 3 is 1.05 bits per heavy atom. The van der Waals surface area contributed by atoms with Gasteiger partial charge in [0.15, 0.2) is 0 Å². The summed E-state index contributed by atoms with van der Waals surface area (Å²) >= 11 is 12.5. The molecular formula is C18H12Cl2. The molecule has 0 aliphatic carbocycles. The Morgan fingerprint density at radius 2 is 0.850 bits per heavy atom. The first-order chi connectivity index (χ1) is 9.61. The Labute approximate surface area is 127 Å². The first-order valence-electron chi connectivity index (χ1n) is 6.24. The van der Waals surface area contributed by atoms with Crippen molar-refractivity contribution in [1.29, 1.82) is 0 Å². The average molecular weight is 299 g/mol. The summed E-state index contributed by atoms with van der Waals surface area (Å²) in [5.41, 5.74) is 1.92. The fourth-order valence-electron chi connectivity index (χ4n) is 2.71. The Kier molecular flexibility index (Phi) is 3.29. The third-order valence-electron chi connectivity index (χ3n) is 3.47. The van der Waals surface area contributed by atoms with Crippen molar-refractivity contribution in [1.82, 2.24) is 0 Å². The topological polar surface area (TPSA) is 0 Å². The minimum atomic E-state index is 0.532. The molecule has 2 heteroatoms. The third-order valence-corrected chi connectivity index (χ3v) is 3.85. The highest BCUT2D eigenvalue weighted by Crippen LogP contribution is 2.40. The van der Waals surface area contributed by atoms with Crippen LogP contribution in [0.4, 0.5) is 0 Å². The van der Waals surface area contributed by atoms with E-state index < -0.39 is 0 Å². The lowest BCUT2D eigenvalue weighted by Gasteiger charge is -2.15. The van der Waals surface area contributed by atoms with Crippen LogP contribution in [0.5, 0.6) is 0 Å². The van der Waals surface area contributed by atoms with E-state index >= 15 is 0 Å². The third kappa shape index (κ3) is 1.93. The summed E-state index contributed by atoms with van der Waals surface area (Å²) in [6.07, 6.45) is 0. The Balaban J connectivity index is 2.69. The van der Waals surface area contributed by atoms with Crippen molar-refractivity contribution in [3.8, 4) is 0 Å². The second kappa shape index (κ2) is 4.97. The molecule has 0 aromatic heterocycles. The maximum Gasteiger partial charge on any atom is 0.0419 e. The molecule has 0 unspecified atom stereocenters. The highest BCUT2D eigenvalue weighted by Gasteiger charge is 2.15. The summed E-state index contributed by atoms with van der Waals surface area (Å²) in [5.74, 6) is 0. The van der Waals surface area contributed by atoms with Gasteiger partial charge >= 0.3 is 0 Å². The number of halogens is 2. The van der Waals surface area contributed by atoms with Gasteiger partial charge in [0, 0.05) is 21.2 Å². The molecule has 0 radical (unpaired) electrons. The SMILES string of the molecule is C=C(Cl)c1c2ccccc2c(C(=C)Cl)c2ccccc12. The number of hydrogen-bond acceptors (Lipinski definition) is 0. The molecule has 0 saturated heterocycles. The molecule has 0 N–H and O–H groups in total. The van der Waals surface area contributed by atoms with E-state index in [2.05, 4.69) is 13.2 Å². The van der Waals surface area contributed by atoms with Crippen molar-refractivity contribution in [2.45, 2.75) is 0 Å². The van der Waals surface area contributed by atoms with Gasteiger partial charge in [-0.1, -0.05) is 84.9 Å². The zero-order chi connectivity index (χ0) is 14.3. The molecule has 3 aromatic carbocycles. The Bertz CT molecular complexity index is 731. The van der Waals surface area contributed by atoms with Crippen LogP contribution >= 0.6 is 23.2 Å². The number of hydrogen-bond donors (Lipinski definition) is 0. The first kappa shape index (κ1) is 13.2. The van der Waals surface area contributed by atoms with Crippen LogP contribution in [-0.2, 0) is 0 Å². The molecule has 0 nitrogen and oxygen atoms in total. The van der Waals surface area contributed by atoms with Crippen molar-refractivity contribution in [3.63, 3.8) is 0 Å². The molecule has 0 spiro atoms. The van der Waals surface area contributed by atoms with Crippen molar-refractivity contribution >= 4 is 54.8 Å². The molecule has 0 fully saturated rings. The van der Waals surface area contributed by atoms with Crippen molar-refractivity contribution < 1.29 is 0 Å². The summed E-state index contributed by atoms with van der Waals surface area (Å²) in [7, 11) is 0. The van der Waals surface area contributed by atoms with Crippen LogP contribution in [0.2, 0.25) is 0 Å². The Morgan fingerprint density at radius 1 is 0.600 bits per heavy atom. The number of rotatable bonds is 2. The van der Waals surface area contributed by atoms with Gasteiger partial charge in [-0.15, -0.1) is 0 Å². The van der Waals surface area contributed by atoms with Gasteiger partial charge in [0.05, 0.1) is 0 Å². The molecule has 0 bridgehead atoms. The standard InChI is InChI=1S/C18H12Cl2/c1-11(19)17-13-7-3-5-9-15(13)18(12(2)20)16-10-6-4-8-14(16)17/h3-10H,1-2H2. The largest absolute Gasteiger partial charge is 0.0843 e. The predicted octanol–water partition coefficient (Wildman–Crippen LogP) is 6.41. The summed E-state index contributed by atoms with van der Waals surface area (Å²) < 4.78 is 0. The van der Waals surface area contributed by atoms with Gasteiger partial charge in [0.1, 0.15) is 0 Å². The normalized spacial score (nSPS) is 10.9. The molecule has 0 saturated carbocycles. The fraction of sp³-hybridized carbons (Fsp3) is 0. The van der Waals surface area contributed by atoms with E-state index in [4.69, 9.17) is 23.2 Å². The van der Waals surface area contributed by atoms with Crippen LogP contribution in [-0.4, -0.2) is 0 Å². The lowest BCUT2D eigenvalue weighted by Crippen LogP contribution is -1.91. The van der Waals surface area contributed by atoms with E-state index in [1.165, 1.54) is 0 Å². The summed E-state index contributed by atoms with van der Waals surface area (Å²) in [6.45, 7) is 7.82. The average Bonchev–Trinajstić information content (AvgIpc) is 2.43. The van der Waals surface area contributed by atoms with Gasteiger partial charge < -0.3 is 0 Å². The smallest absolute Gasteiger partial charge is 0.0419 e. The summed E-state index contributed by atoms with van der Waals surface area (Å²) in [5, 5.41) is 5.24. The van der Waals surface area contributed by atoms with E-state index in [0.717, 1.165) is 32.7 Å². The second-order valence-electron chi connectivity index (χ2n) is 4.65. The molecular weight excluding hydrogens is 287 g/mol. The maximum absolute atomic E-state index is 6.24. The quantitative estimate of drug-likeness (QED) is 0.479. The van der Waals surface area contributed by atoms with Gasteiger partial charge in [-0.2, -0.15) is 0 Å². The van der Waals surface area contributed by atoms with Gasteiger partial charge in [-0.25, -0.2) is 0 Å². The predicted molar refractivity (Wildman–Crippen MR) is 91.2 cm³/mol. The first-order valence-corrected chi connectivity index (χ1v) is 7.00. The summed E-state index contributed by atoms with van der Waals surface area (Å²) in [6, 6.07) is 16.1. The summed E-state index contributed by atoms with van der Waals surface area (Å²) in [4.78, 5) is 0. The lowest BCUT2D eigenvalue weighted by atomic mass is 9.91. The van der Waals surface area contributed by atoms with Crippen LogP contribution < -0.4 is 0 Å². The minimum Gasteiger partial charge on any atom is -0.0843 e. The van der Waals surface area contributed by atoms with Gasteiger partial charge in [0.2, 0.25) is 0 Å². The fourth-order valence-corrected chi connectivity index (χ4v) is 3.12. The molecule has 3 rings (SSSR count). The zero-order valence-electron chi connectivity index (χ0n) is 10.8. The molecule has 3 aromatic rings. The van der Waals surface area contributed by atoms with Crippen LogP contribution in [0.25, 0.3) is 31.6 Å². The lowest BCUT2D eigenvalue weighted by molar-refractivity contribution is 1.71. The van der Waals surface area contributed by atoms with Crippen molar-refractivity contribution in [3.05, 3.63) is 72.8 Å². The van der Waals surface area contributed by atoms with E-state index in [-0.39, 0.29) is 0 Å². The van der Waals surface area contributed by atoms with E-state index in [0.29, 0.717) is 10.1 Å². The van der Waals surface area contributed by atoms with E-state index in [9.17, 15) is 0 Å². The second-order valence-corrected chi connectivity index (χ2v) is 5.56. The maximum atomic E-state index is 6.24. The molecule has 0 atom stereocenters. The monoisotopic (exact) mass is 298 g/mol. The number of fused-ring (bicyclic) bond motifs is 2. The molecule has 0 amide bonds. The molecule has 0 heterocycles. The minimum absolute atomic E-state index is 0.532. The molecule has 0 aliphatic rings. The highest BCUT2D eigenvalue weighted by atomic mass is 35.5. The van der Waals surface area contributed by atoms with Crippen LogP contribution in [0.15, 0.2) is 61.7 Å². The van der Waals surface area contributed by atoms with Gasteiger partial charge in [-0.3, -0.25) is 0 Å². The van der Waals surface area contributed by atoms with Crippen LogP contribution in [0.1, 0.15) is 11.1 Å². The zero-order valence-corrected chi connectivity index (χ0v) is 12.3. The van der Waals surface area contributed by atoms with Gasteiger partial charge in [0.25, 0.3) is 0 Å². The van der Waals surface area contributed by atoms with Crippen LogP contribution in [0, 0.1) is 0 Å². The molecule has 20 heavy (non-hydrogen) atoms. The molecule has 0 aliphatic heterocycles. The van der Waals surface area contributed by atoms with Crippen molar-refractivity contribution in [2.75, 3.05) is 0 Å². The number of benzene rings is 3. The van der Waals surface area contributed by atoms with E-state index in [1.54, 1.807) is 0 Å². The van der Waals surface area contributed by atoms with Crippen LogP contribution in [0.3, 0.4) is 0 Å².